The van der Waals surface area contributed by atoms with Crippen molar-refractivity contribution in [2.75, 3.05) is 0 Å². The first-order chi connectivity index (χ1) is 13.5. The zero-order valence-corrected chi connectivity index (χ0v) is 15.0. The molecule has 2 aromatic carbocycles. The van der Waals surface area contributed by atoms with E-state index >= 15 is 0 Å². The molecule has 0 unspecified atom stereocenters. The number of aryl methyl sites for hydroxylation is 1. The molecule has 0 atom stereocenters. The molecule has 0 spiro atoms. The molecule has 0 saturated heterocycles. The molecule has 2 heterocycles. The molecule has 4 rings (SSSR count). The molecule has 0 amide bonds. The summed E-state index contributed by atoms with van der Waals surface area (Å²) in [5.74, 6) is -1.26. The van der Waals surface area contributed by atoms with Crippen LogP contribution in [0.5, 0.6) is 0 Å². The van der Waals surface area contributed by atoms with E-state index in [0.717, 1.165) is 16.8 Å². The first-order valence-electron chi connectivity index (χ1n) is 8.51. The van der Waals surface area contributed by atoms with Crippen LogP contribution in [0.2, 0.25) is 0 Å². The van der Waals surface area contributed by atoms with E-state index in [-0.39, 0.29) is 11.4 Å². The van der Waals surface area contributed by atoms with Gasteiger partial charge in [-0.2, -0.15) is 0 Å². The Kier molecular flexibility index (Phi) is 4.44. The fourth-order valence-corrected chi connectivity index (χ4v) is 2.98. The van der Waals surface area contributed by atoms with Gasteiger partial charge in [0.2, 0.25) is 0 Å². The van der Waals surface area contributed by atoms with E-state index in [9.17, 15) is 9.18 Å². The normalized spacial score (nSPS) is 10.9. The number of carbonyl (C=O) groups is 1. The van der Waals surface area contributed by atoms with E-state index in [1.165, 1.54) is 12.1 Å². The lowest BCUT2D eigenvalue weighted by molar-refractivity contribution is 0.0697. The smallest absolute Gasteiger partial charge is 0.335 e. The Bertz CT molecular complexity index is 1130. The number of hydrogen-bond donors (Lipinski definition) is 1. The molecule has 140 valence electrons. The number of benzene rings is 2. The molecule has 4 aromatic rings. The number of aromatic nitrogens is 5. The standard InChI is InChI=1S/C20H16FN5O2/c1-25-19(18(23-24-25)14-6-8-16(21)9-7-14)17-11-26(12-22-17)10-13-2-4-15(5-3-13)20(27)28/h2-9,11-12H,10H2,1H3,(H,27,28). The Morgan fingerprint density at radius 3 is 2.50 bits per heavy atom. The van der Waals surface area contributed by atoms with Crippen LogP contribution in [-0.2, 0) is 13.6 Å². The number of aromatic carboxylic acids is 1. The minimum atomic E-state index is -0.950. The van der Waals surface area contributed by atoms with Crippen molar-refractivity contribution >= 4 is 5.97 Å². The molecule has 1 N–H and O–H groups in total. The summed E-state index contributed by atoms with van der Waals surface area (Å²) in [5.41, 5.74) is 4.00. The van der Waals surface area contributed by atoms with Crippen LogP contribution in [0, 0.1) is 5.82 Å². The lowest BCUT2D eigenvalue weighted by atomic mass is 10.1. The second-order valence-electron chi connectivity index (χ2n) is 6.35. The summed E-state index contributed by atoms with van der Waals surface area (Å²) in [6.07, 6.45) is 3.57. The van der Waals surface area contributed by atoms with Gasteiger partial charge in [0.25, 0.3) is 0 Å². The Morgan fingerprint density at radius 1 is 1.11 bits per heavy atom. The minimum Gasteiger partial charge on any atom is -0.478 e. The molecule has 8 heteroatoms. The summed E-state index contributed by atoms with van der Waals surface area (Å²) < 4.78 is 16.7. The van der Waals surface area contributed by atoms with Crippen LogP contribution in [0.1, 0.15) is 15.9 Å². The molecular weight excluding hydrogens is 361 g/mol. The second kappa shape index (κ2) is 7.07. The largest absolute Gasteiger partial charge is 0.478 e. The van der Waals surface area contributed by atoms with Crippen molar-refractivity contribution in [1.29, 1.82) is 0 Å². The lowest BCUT2D eigenvalue weighted by Gasteiger charge is -2.04. The van der Waals surface area contributed by atoms with Crippen LogP contribution in [-0.4, -0.2) is 35.6 Å². The van der Waals surface area contributed by atoms with Crippen molar-refractivity contribution in [2.24, 2.45) is 7.05 Å². The van der Waals surface area contributed by atoms with Gasteiger partial charge in [0.05, 0.1) is 11.9 Å². The van der Waals surface area contributed by atoms with E-state index in [1.54, 1.807) is 54.5 Å². The Labute approximate surface area is 159 Å². The third-order valence-corrected chi connectivity index (χ3v) is 4.39. The molecule has 2 aromatic heterocycles. The fourth-order valence-electron chi connectivity index (χ4n) is 2.98. The highest BCUT2D eigenvalue weighted by Crippen LogP contribution is 2.28. The van der Waals surface area contributed by atoms with Crippen molar-refractivity contribution < 1.29 is 14.3 Å². The molecular formula is C20H16FN5O2. The van der Waals surface area contributed by atoms with Crippen LogP contribution in [0.4, 0.5) is 4.39 Å². The summed E-state index contributed by atoms with van der Waals surface area (Å²) in [4.78, 5) is 15.4. The zero-order chi connectivity index (χ0) is 19.7. The highest BCUT2D eigenvalue weighted by molar-refractivity contribution is 5.87. The van der Waals surface area contributed by atoms with Crippen LogP contribution in [0.3, 0.4) is 0 Å². The lowest BCUT2D eigenvalue weighted by Crippen LogP contribution is -1.99. The third-order valence-electron chi connectivity index (χ3n) is 4.39. The molecule has 0 saturated carbocycles. The highest BCUT2D eigenvalue weighted by Gasteiger charge is 2.17. The molecule has 0 fully saturated rings. The van der Waals surface area contributed by atoms with Gasteiger partial charge >= 0.3 is 5.97 Å². The maximum Gasteiger partial charge on any atom is 0.335 e. The third kappa shape index (κ3) is 3.39. The average Bonchev–Trinajstić information content (AvgIpc) is 3.29. The molecule has 0 radical (unpaired) electrons. The van der Waals surface area contributed by atoms with Crippen molar-refractivity contribution in [3.05, 3.63) is 78.0 Å². The zero-order valence-electron chi connectivity index (χ0n) is 15.0. The van der Waals surface area contributed by atoms with Gasteiger partial charge in [-0.05, 0) is 42.0 Å². The van der Waals surface area contributed by atoms with Gasteiger partial charge in [0.15, 0.2) is 0 Å². The van der Waals surface area contributed by atoms with Crippen LogP contribution in [0.15, 0.2) is 61.1 Å². The molecule has 0 bridgehead atoms. The predicted molar refractivity (Wildman–Crippen MR) is 100 cm³/mol. The first-order valence-corrected chi connectivity index (χ1v) is 8.51. The summed E-state index contributed by atoms with van der Waals surface area (Å²) in [7, 11) is 1.78. The van der Waals surface area contributed by atoms with Crippen LogP contribution >= 0.6 is 0 Å². The number of carboxylic acids is 1. The number of rotatable bonds is 5. The number of nitrogens with zero attached hydrogens (tertiary/aromatic N) is 5. The Balaban J connectivity index is 1.62. The summed E-state index contributed by atoms with van der Waals surface area (Å²) in [6, 6.07) is 12.8. The van der Waals surface area contributed by atoms with Gasteiger partial charge in [0.1, 0.15) is 22.9 Å². The minimum absolute atomic E-state index is 0.250. The summed E-state index contributed by atoms with van der Waals surface area (Å²) in [6.45, 7) is 0.546. The van der Waals surface area contributed by atoms with Crippen LogP contribution in [0.25, 0.3) is 22.6 Å². The maximum absolute atomic E-state index is 13.2. The molecule has 0 aliphatic heterocycles. The van der Waals surface area contributed by atoms with Crippen molar-refractivity contribution in [3.63, 3.8) is 0 Å². The quantitative estimate of drug-likeness (QED) is 0.577. The fraction of sp³-hybridized carbons (Fsp3) is 0.100. The molecule has 7 nitrogen and oxygen atoms in total. The van der Waals surface area contributed by atoms with Gasteiger partial charge in [-0.25, -0.2) is 18.9 Å². The van der Waals surface area contributed by atoms with Crippen LogP contribution < -0.4 is 0 Å². The van der Waals surface area contributed by atoms with Gasteiger partial charge in [0, 0.05) is 25.4 Å². The number of imidazole rings is 1. The van der Waals surface area contributed by atoms with Crippen molar-refractivity contribution in [2.45, 2.75) is 6.54 Å². The Hall–Kier alpha value is -3.81. The number of hydrogen-bond acceptors (Lipinski definition) is 4. The van der Waals surface area contributed by atoms with Gasteiger partial charge in [-0.3, -0.25) is 0 Å². The molecule has 28 heavy (non-hydrogen) atoms. The number of halogens is 1. The predicted octanol–water partition coefficient (Wildman–Crippen LogP) is 3.23. The van der Waals surface area contributed by atoms with Crippen molar-refractivity contribution in [3.8, 4) is 22.6 Å². The summed E-state index contributed by atoms with van der Waals surface area (Å²) in [5, 5.41) is 17.3. The monoisotopic (exact) mass is 377 g/mol. The van der Waals surface area contributed by atoms with E-state index in [4.69, 9.17) is 5.11 Å². The summed E-state index contributed by atoms with van der Waals surface area (Å²) >= 11 is 0. The number of carboxylic acid groups (broad SMARTS) is 1. The topological polar surface area (TPSA) is 85.8 Å². The average molecular weight is 377 g/mol. The highest BCUT2D eigenvalue weighted by atomic mass is 19.1. The van der Waals surface area contributed by atoms with Gasteiger partial charge < -0.3 is 9.67 Å². The van der Waals surface area contributed by atoms with E-state index in [1.807, 2.05) is 10.8 Å². The SMILES string of the molecule is Cn1nnc(-c2ccc(F)cc2)c1-c1cn(Cc2ccc(C(=O)O)cc2)cn1. The van der Waals surface area contributed by atoms with Gasteiger partial charge in [-0.1, -0.05) is 17.3 Å². The first kappa shape index (κ1) is 17.6. The van der Waals surface area contributed by atoms with E-state index < -0.39 is 5.97 Å². The van der Waals surface area contributed by atoms with E-state index in [2.05, 4.69) is 15.3 Å². The maximum atomic E-state index is 13.2. The Morgan fingerprint density at radius 2 is 1.82 bits per heavy atom. The van der Waals surface area contributed by atoms with E-state index in [0.29, 0.717) is 17.9 Å². The van der Waals surface area contributed by atoms with Crippen molar-refractivity contribution in [1.82, 2.24) is 24.5 Å². The second-order valence-corrected chi connectivity index (χ2v) is 6.35. The molecule has 0 aliphatic carbocycles. The molecule has 0 aliphatic rings. The van der Waals surface area contributed by atoms with Gasteiger partial charge in [-0.15, -0.1) is 5.10 Å².